The third-order valence-electron chi connectivity index (χ3n) is 3.87. The van der Waals surface area contributed by atoms with Crippen molar-refractivity contribution in [3.05, 3.63) is 58.5 Å². The van der Waals surface area contributed by atoms with Crippen LogP contribution in [0.5, 0.6) is 0 Å². The van der Waals surface area contributed by atoms with Gasteiger partial charge in [0.15, 0.2) is 0 Å². The quantitative estimate of drug-likeness (QED) is 0.945. The van der Waals surface area contributed by atoms with Gasteiger partial charge in [-0.3, -0.25) is 4.79 Å². The van der Waals surface area contributed by atoms with Gasteiger partial charge in [-0.1, -0.05) is 23.7 Å². The first-order chi connectivity index (χ1) is 10.2. The van der Waals surface area contributed by atoms with E-state index in [2.05, 4.69) is 0 Å². The van der Waals surface area contributed by atoms with Gasteiger partial charge in [0.2, 0.25) is 0 Å². The number of carbonyl (C=O) groups excluding carboxylic acids is 1. The van der Waals surface area contributed by atoms with Crippen LogP contribution in [0, 0.1) is 0 Å². The number of hydrogen-bond acceptors (Lipinski definition) is 3. The van der Waals surface area contributed by atoms with Gasteiger partial charge in [0, 0.05) is 11.6 Å². The van der Waals surface area contributed by atoms with E-state index < -0.39 is 0 Å². The maximum absolute atomic E-state index is 12.6. The molecule has 2 aromatic rings. The summed E-state index contributed by atoms with van der Waals surface area (Å²) in [6.07, 6.45) is 3.46. The lowest BCUT2D eigenvalue weighted by atomic mass is 10.0. The highest BCUT2D eigenvalue weighted by Gasteiger charge is 2.31. The summed E-state index contributed by atoms with van der Waals surface area (Å²) in [4.78, 5) is 14.5. The second-order valence-corrected chi connectivity index (χ2v) is 5.65. The zero-order valence-electron chi connectivity index (χ0n) is 11.6. The largest absolute Gasteiger partial charge is 0.467 e. The molecule has 2 N–H and O–H groups in total. The molecule has 1 aromatic heterocycles. The van der Waals surface area contributed by atoms with Crippen LogP contribution in [0.4, 0.5) is 0 Å². The summed E-state index contributed by atoms with van der Waals surface area (Å²) in [6, 6.07) is 9.52. The Morgan fingerprint density at radius 1 is 1.38 bits per heavy atom. The van der Waals surface area contributed by atoms with Crippen molar-refractivity contribution in [2.45, 2.75) is 25.4 Å². The van der Waals surface area contributed by atoms with Gasteiger partial charge >= 0.3 is 0 Å². The van der Waals surface area contributed by atoms with Gasteiger partial charge in [-0.15, -0.1) is 0 Å². The van der Waals surface area contributed by atoms with Gasteiger partial charge in [0.05, 0.1) is 18.2 Å². The second-order valence-electron chi connectivity index (χ2n) is 5.21. The summed E-state index contributed by atoms with van der Waals surface area (Å²) in [5.41, 5.74) is 7.20. The predicted molar refractivity (Wildman–Crippen MR) is 81.1 cm³/mol. The lowest BCUT2D eigenvalue weighted by Crippen LogP contribution is -2.30. The highest BCUT2D eigenvalue weighted by Crippen LogP contribution is 2.33. The minimum Gasteiger partial charge on any atom is -0.467 e. The molecule has 110 valence electrons. The fraction of sp³-hybridized carbons (Fsp3) is 0.312. The first kappa shape index (κ1) is 14.2. The maximum Gasteiger partial charge on any atom is 0.257 e. The fourth-order valence-electron chi connectivity index (χ4n) is 2.81. The standard InChI is InChI=1S/C16H17ClN2O2/c17-13-5-3-11(4-6-13)15-2-1-7-19(15)16(20)12-8-14(9-18)21-10-12/h3-6,8,10,15H,1-2,7,9,18H2. The van der Waals surface area contributed by atoms with Gasteiger partial charge in [0.1, 0.15) is 12.0 Å². The molecule has 5 heteroatoms. The summed E-state index contributed by atoms with van der Waals surface area (Å²) in [6.45, 7) is 1.06. The molecule has 1 saturated heterocycles. The van der Waals surface area contributed by atoms with Crippen molar-refractivity contribution in [3.63, 3.8) is 0 Å². The van der Waals surface area contributed by atoms with Crippen LogP contribution in [0.1, 0.15) is 40.6 Å². The first-order valence-corrected chi connectivity index (χ1v) is 7.41. The van der Waals surface area contributed by atoms with Gasteiger partial charge in [0.25, 0.3) is 5.91 Å². The van der Waals surface area contributed by atoms with Crippen LogP contribution in [0.3, 0.4) is 0 Å². The molecular formula is C16H17ClN2O2. The molecule has 1 aliphatic rings. The van der Waals surface area contributed by atoms with Gasteiger partial charge in [-0.25, -0.2) is 0 Å². The van der Waals surface area contributed by atoms with Crippen molar-refractivity contribution in [3.8, 4) is 0 Å². The molecule has 0 radical (unpaired) electrons. The molecule has 1 fully saturated rings. The first-order valence-electron chi connectivity index (χ1n) is 7.03. The number of likely N-dealkylation sites (tertiary alicyclic amines) is 1. The molecular weight excluding hydrogens is 288 g/mol. The Hall–Kier alpha value is -1.78. The Bertz CT molecular complexity index is 636. The Balaban J connectivity index is 1.83. The number of carbonyl (C=O) groups is 1. The van der Waals surface area contributed by atoms with Crippen molar-refractivity contribution in [1.82, 2.24) is 4.90 Å². The number of nitrogens with two attached hydrogens (primary N) is 1. The molecule has 0 spiro atoms. The Morgan fingerprint density at radius 2 is 2.14 bits per heavy atom. The molecule has 0 aliphatic carbocycles. The number of halogens is 1. The van der Waals surface area contributed by atoms with Crippen LogP contribution in [0.2, 0.25) is 5.02 Å². The van der Waals surface area contributed by atoms with E-state index in [1.165, 1.54) is 6.26 Å². The topological polar surface area (TPSA) is 59.5 Å². The third kappa shape index (κ3) is 2.82. The number of benzene rings is 1. The molecule has 21 heavy (non-hydrogen) atoms. The molecule has 1 aliphatic heterocycles. The summed E-state index contributed by atoms with van der Waals surface area (Å²) >= 11 is 5.93. The van der Waals surface area contributed by atoms with E-state index in [1.54, 1.807) is 6.07 Å². The van der Waals surface area contributed by atoms with E-state index in [9.17, 15) is 4.79 Å². The molecule has 0 saturated carbocycles. The smallest absolute Gasteiger partial charge is 0.257 e. The van der Waals surface area contributed by atoms with Crippen LogP contribution in [0.25, 0.3) is 0 Å². The third-order valence-corrected chi connectivity index (χ3v) is 4.12. The van der Waals surface area contributed by atoms with E-state index in [0.29, 0.717) is 22.9 Å². The average molecular weight is 305 g/mol. The van der Waals surface area contributed by atoms with Gasteiger partial charge in [-0.05, 0) is 36.6 Å². The zero-order valence-corrected chi connectivity index (χ0v) is 12.3. The number of hydrogen-bond donors (Lipinski definition) is 1. The van der Waals surface area contributed by atoms with Crippen molar-refractivity contribution in [2.24, 2.45) is 5.73 Å². The molecule has 3 rings (SSSR count). The zero-order chi connectivity index (χ0) is 14.8. The molecule has 4 nitrogen and oxygen atoms in total. The van der Waals surface area contributed by atoms with Crippen LogP contribution in [-0.4, -0.2) is 17.4 Å². The van der Waals surface area contributed by atoms with Crippen molar-refractivity contribution in [1.29, 1.82) is 0 Å². The van der Waals surface area contributed by atoms with Gasteiger partial charge in [-0.2, -0.15) is 0 Å². The monoisotopic (exact) mass is 304 g/mol. The molecule has 1 amide bonds. The molecule has 0 bridgehead atoms. The SMILES string of the molecule is NCc1cc(C(=O)N2CCCC2c2ccc(Cl)cc2)co1. The summed E-state index contributed by atoms with van der Waals surface area (Å²) in [5, 5.41) is 0.706. The van der Waals surface area contributed by atoms with Crippen LogP contribution < -0.4 is 5.73 Å². The normalized spacial score (nSPS) is 18.2. The van der Waals surface area contributed by atoms with Crippen LogP contribution in [-0.2, 0) is 6.54 Å². The van der Waals surface area contributed by atoms with Crippen molar-refractivity contribution in [2.75, 3.05) is 6.54 Å². The number of furan rings is 1. The van der Waals surface area contributed by atoms with E-state index >= 15 is 0 Å². The van der Waals surface area contributed by atoms with E-state index in [1.807, 2.05) is 29.2 Å². The minimum atomic E-state index is -0.00380. The fourth-order valence-corrected chi connectivity index (χ4v) is 2.93. The van der Waals surface area contributed by atoms with Crippen molar-refractivity contribution >= 4 is 17.5 Å². The Kier molecular flexibility index (Phi) is 3.99. The minimum absolute atomic E-state index is 0.00380. The molecule has 1 unspecified atom stereocenters. The van der Waals surface area contributed by atoms with Crippen LogP contribution in [0.15, 0.2) is 41.0 Å². The Labute approximate surface area is 128 Å². The molecule has 2 heterocycles. The second kappa shape index (κ2) is 5.92. The number of amides is 1. The Morgan fingerprint density at radius 3 is 2.81 bits per heavy atom. The lowest BCUT2D eigenvalue weighted by Gasteiger charge is -2.24. The van der Waals surface area contributed by atoms with E-state index in [-0.39, 0.29) is 11.9 Å². The highest BCUT2D eigenvalue weighted by molar-refractivity contribution is 6.30. The van der Waals surface area contributed by atoms with E-state index in [4.69, 9.17) is 21.8 Å². The highest BCUT2D eigenvalue weighted by atomic mass is 35.5. The predicted octanol–water partition coefficient (Wildman–Crippen LogP) is 3.37. The van der Waals surface area contributed by atoms with Gasteiger partial charge < -0.3 is 15.1 Å². The molecule has 1 aromatic carbocycles. The summed E-state index contributed by atoms with van der Waals surface area (Å²) < 4.78 is 5.26. The summed E-state index contributed by atoms with van der Waals surface area (Å²) in [7, 11) is 0. The van der Waals surface area contributed by atoms with Crippen molar-refractivity contribution < 1.29 is 9.21 Å². The molecule has 1 atom stereocenters. The number of nitrogens with zero attached hydrogens (tertiary/aromatic N) is 1. The van der Waals surface area contributed by atoms with E-state index in [0.717, 1.165) is 24.9 Å². The number of rotatable bonds is 3. The lowest BCUT2D eigenvalue weighted by molar-refractivity contribution is 0.0735. The van der Waals surface area contributed by atoms with Crippen LogP contribution >= 0.6 is 11.6 Å². The average Bonchev–Trinajstić information content (AvgIpc) is 3.16. The maximum atomic E-state index is 12.6. The summed E-state index contributed by atoms with van der Waals surface area (Å²) in [5.74, 6) is 0.622.